The molecule has 32 heavy (non-hydrogen) atoms. The predicted molar refractivity (Wildman–Crippen MR) is 126 cm³/mol. The molecule has 2 N–H and O–H groups in total. The summed E-state index contributed by atoms with van der Waals surface area (Å²) in [7, 11) is 0. The first-order valence-corrected chi connectivity index (χ1v) is 11.4. The smallest absolute Gasteiger partial charge is 0.246 e. The second-order valence-corrected chi connectivity index (χ2v) is 10.3. The van der Waals surface area contributed by atoms with Crippen LogP contribution in [0.5, 0.6) is 5.75 Å². The summed E-state index contributed by atoms with van der Waals surface area (Å²) in [5.41, 5.74) is 3.36. The maximum atomic E-state index is 13.2. The predicted octanol–water partition coefficient (Wildman–Crippen LogP) is 3.85. The molecule has 5 rings (SSSR count). The lowest BCUT2D eigenvalue weighted by Gasteiger charge is -2.35. The van der Waals surface area contributed by atoms with E-state index in [9.17, 15) is 9.59 Å². The number of aromatic nitrogens is 1. The van der Waals surface area contributed by atoms with Crippen molar-refractivity contribution in [2.75, 3.05) is 6.54 Å². The van der Waals surface area contributed by atoms with Gasteiger partial charge in [-0.25, -0.2) is 0 Å². The minimum absolute atomic E-state index is 0.0201. The second-order valence-electron chi connectivity index (χ2n) is 10.3. The molecule has 2 amide bonds. The van der Waals surface area contributed by atoms with Crippen molar-refractivity contribution in [3.8, 4) is 5.75 Å². The fourth-order valence-corrected chi connectivity index (χ4v) is 5.22. The average Bonchev–Trinajstić information content (AvgIpc) is 3.37. The number of nitrogens with zero attached hydrogens (tertiary/aromatic N) is 1. The number of benzene rings is 1. The van der Waals surface area contributed by atoms with Crippen LogP contribution in [0.2, 0.25) is 0 Å². The Balaban J connectivity index is 1.62. The first-order valence-electron chi connectivity index (χ1n) is 11.4. The van der Waals surface area contributed by atoms with Gasteiger partial charge in [-0.2, -0.15) is 0 Å². The molecule has 1 aromatic carbocycles. The van der Waals surface area contributed by atoms with E-state index in [1.165, 1.54) is 0 Å². The first kappa shape index (κ1) is 20.9. The lowest BCUT2D eigenvalue weighted by atomic mass is 9.84. The summed E-state index contributed by atoms with van der Waals surface area (Å²) >= 11 is 0. The Morgan fingerprint density at radius 2 is 2.09 bits per heavy atom. The highest BCUT2D eigenvalue weighted by atomic mass is 16.5. The third kappa shape index (κ3) is 3.15. The van der Waals surface area contributed by atoms with Gasteiger partial charge >= 0.3 is 0 Å². The van der Waals surface area contributed by atoms with E-state index < -0.39 is 6.04 Å². The number of allylic oxidation sites excluding steroid dienone is 1. The van der Waals surface area contributed by atoms with Crippen LogP contribution in [-0.2, 0) is 21.4 Å². The normalized spacial score (nSPS) is 24.2. The van der Waals surface area contributed by atoms with Crippen molar-refractivity contribution in [3.05, 3.63) is 47.7 Å². The van der Waals surface area contributed by atoms with E-state index in [1.807, 2.05) is 26.0 Å². The van der Waals surface area contributed by atoms with Gasteiger partial charge in [0.2, 0.25) is 11.8 Å². The number of H-pyrrole nitrogens is 1. The molecule has 0 unspecified atom stereocenters. The van der Waals surface area contributed by atoms with Crippen LogP contribution in [0, 0.1) is 0 Å². The molecule has 1 aromatic heterocycles. The summed E-state index contributed by atoms with van der Waals surface area (Å²) in [5.74, 6) is 0.821. The molecule has 6 heteroatoms. The maximum Gasteiger partial charge on any atom is 0.246 e. The Hall–Kier alpha value is -3.02. The number of hydrogen-bond donors (Lipinski definition) is 2. The topological polar surface area (TPSA) is 74.4 Å². The van der Waals surface area contributed by atoms with Gasteiger partial charge in [0.1, 0.15) is 23.4 Å². The second kappa shape index (κ2) is 6.99. The zero-order chi connectivity index (χ0) is 22.8. The summed E-state index contributed by atoms with van der Waals surface area (Å²) in [6.45, 7) is 13.0. The van der Waals surface area contributed by atoms with Crippen LogP contribution in [0.15, 0.2) is 30.9 Å². The van der Waals surface area contributed by atoms with Gasteiger partial charge in [0.15, 0.2) is 0 Å². The minimum Gasteiger partial charge on any atom is -0.483 e. The maximum absolute atomic E-state index is 13.2. The number of aromatic amines is 1. The third-order valence-electron chi connectivity index (χ3n) is 7.12. The van der Waals surface area contributed by atoms with Crippen LogP contribution in [0.3, 0.4) is 0 Å². The molecular weight excluding hydrogens is 402 g/mol. The number of rotatable bonds is 4. The molecule has 3 aliphatic rings. The number of hydrogen-bond acceptors (Lipinski definition) is 3. The molecule has 0 bridgehead atoms. The highest BCUT2D eigenvalue weighted by Gasteiger charge is 2.43. The summed E-state index contributed by atoms with van der Waals surface area (Å²) in [4.78, 5) is 31.3. The number of amides is 2. The van der Waals surface area contributed by atoms with Crippen molar-refractivity contribution in [3.63, 3.8) is 0 Å². The van der Waals surface area contributed by atoms with Crippen LogP contribution in [0.4, 0.5) is 0 Å². The number of ether oxygens (including phenoxy) is 1. The van der Waals surface area contributed by atoms with Gasteiger partial charge < -0.3 is 19.9 Å². The van der Waals surface area contributed by atoms with Gasteiger partial charge in [0.25, 0.3) is 0 Å². The number of carbonyl (C=O) groups is 2. The Morgan fingerprint density at radius 1 is 1.31 bits per heavy atom. The van der Waals surface area contributed by atoms with E-state index in [2.05, 4.69) is 48.9 Å². The molecule has 6 nitrogen and oxygen atoms in total. The Morgan fingerprint density at radius 3 is 2.84 bits per heavy atom. The standard InChI is InChI=1S/C26H31N3O3/c1-6-25(2,3)22-17(14-18-24(31)29-13-7-8-19(29)23(30)27-18)15-9-10-20-16(21(15)28-22)11-12-26(4,5)32-20/h6,9-12,18-19,28H,1,7-8,13-14H2,2-5H3,(H,27,30)/t18-,19+/m1/s1. The average molecular weight is 434 g/mol. The lowest BCUT2D eigenvalue weighted by molar-refractivity contribution is -0.146. The molecule has 0 saturated carbocycles. The minimum atomic E-state index is -0.558. The Kier molecular flexibility index (Phi) is 4.56. The zero-order valence-corrected chi connectivity index (χ0v) is 19.2. The molecule has 168 valence electrons. The fraction of sp³-hybridized carbons (Fsp3) is 0.462. The van der Waals surface area contributed by atoms with Crippen molar-refractivity contribution < 1.29 is 14.3 Å². The molecule has 0 spiro atoms. The molecule has 2 aromatic rings. The fourth-order valence-electron chi connectivity index (χ4n) is 5.22. The molecule has 2 saturated heterocycles. The quantitative estimate of drug-likeness (QED) is 0.720. The van der Waals surface area contributed by atoms with Gasteiger partial charge in [-0.15, -0.1) is 6.58 Å². The van der Waals surface area contributed by atoms with E-state index in [0.717, 1.165) is 46.3 Å². The van der Waals surface area contributed by atoms with Crippen molar-refractivity contribution in [2.45, 2.75) is 70.1 Å². The first-order chi connectivity index (χ1) is 15.1. The molecular formula is C26H31N3O3. The van der Waals surface area contributed by atoms with Gasteiger partial charge in [0.05, 0.1) is 5.52 Å². The van der Waals surface area contributed by atoms with Gasteiger partial charge in [0, 0.05) is 35.0 Å². The van der Waals surface area contributed by atoms with Crippen LogP contribution in [0.1, 0.15) is 57.4 Å². The Bertz CT molecular complexity index is 1170. The van der Waals surface area contributed by atoms with E-state index in [1.54, 1.807) is 4.90 Å². The van der Waals surface area contributed by atoms with Gasteiger partial charge in [-0.1, -0.05) is 19.9 Å². The summed E-state index contributed by atoms with van der Waals surface area (Å²) in [5, 5.41) is 4.05. The molecule has 3 aliphatic heterocycles. The number of carbonyl (C=O) groups excluding carboxylic acids is 2. The highest BCUT2D eigenvalue weighted by molar-refractivity contribution is 5.99. The SMILES string of the molecule is C=CC(C)(C)c1[nH]c2c3c(ccc2c1C[C@H]1NC(=O)[C@@H]2CCCN2C1=O)OC(C)(C)C=C3. The highest BCUT2D eigenvalue weighted by Crippen LogP contribution is 2.41. The van der Waals surface area contributed by atoms with E-state index in [-0.39, 0.29) is 28.9 Å². The number of piperazine rings is 1. The van der Waals surface area contributed by atoms with Crippen LogP contribution in [-0.4, -0.2) is 45.9 Å². The summed E-state index contributed by atoms with van der Waals surface area (Å²) in [6, 6.07) is 3.20. The molecule has 2 fully saturated rings. The van der Waals surface area contributed by atoms with Crippen LogP contribution < -0.4 is 10.1 Å². The van der Waals surface area contributed by atoms with Gasteiger partial charge in [-0.3, -0.25) is 9.59 Å². The number of fused-ring (bicyclic) bond motifs is 4. The molecule has 0 radical (unpaired) electrons. The van der Waals surface area contributed by atoms with Crippen LogP contribution >= 0.6 is 0 Å². The van der Waals surface area contributed by atoms with E-state index >= 15 is 0 Å². The summed E-state index contributed by atoms with van der Waals surface area (Å²) < 4.78 is 6.17. The van der Waals surface area contributed by atoms with Gasteiger partial charge in [-0.05, 0) is 56.5 Å². The lowest BCUT2D eigenvalue weighted by Crippen LogP contribution is -2.61. The van der Waals surface area contributed by atoms with Crippen molar-refractivity contribution in [1.82, 2.24) is 15.2 Å². The van der Waals surface area contributed by atoms with Crippen molar-refractivity contribution >= 4 is 28.8 Å². The van der Waals surface area contributed by atoms with Crippen molar-refractivity contribution in [1.29, 1.82) is 0 Å². The molecule has 4 heterocycles. The van der Waals surface area contributed by atoms with Crippen LogP contribution in [0.25, 0.3) is 17.0 Å². The van der Waals surface area contributed by atoms with E-state index in [0.29, 0.717) is 13.0 Å². The number of nitrogens with one attached hydrogen (secondary N) is 2. The monoisotopic (exact) mass is 433 g/mol. The largest absolute Gasteiger partial charge is 0.483 e. The third-order valence-corrected chi connectivity index (χ3v) is 7.12. The van der Waals surface area contributed by atoms with E-state index in [4.69, 9.17) is 4.74 Å². The summed E-state index contributed by atoms with van der Waals surface area (Å²) in [6.07, 6.45) is 8.16. The molecule has 0 aliphatic carbocycles. The Labute approximate surface area is 188 Å². The molecule has 2 atom stereocenters. The zero-order valence-electron chi connectivity index (χ0n) is 19.2. The van der Waals surface area contributed by atoms with Crippen molar-refractivity contribution in [2.24, 2.45) is 0 Å².